The van der Waals surface area contributed by atoms with E-state index in [1.54, 1.807) is 0 Å². The van der Waals surface area contributed by atoms with E-state index in [1.807, 2.05) is 13.8 Å². The Balaban J connectivity index is 1.97. The Morgan fingerprint density at radius 2 is 1.75 bits per heavy atom. The van der Waals surface area contributed by atoms with Crippen molar-refractivity contribution in [3.05, 3.63) is 11.7 Å². The third-order valence-electron chi connectivity index (χ3n) is 4.08. The molecule has 0 aromatic carbocycles. The second kappa shape index (κ2) is 7.74. The number of nitrogens with zero attached hydrogens (tertiary/aromatic N) is 2. The molecule has 0 bridgehead atoms. The van der Waals surface area contributed by atoms with Gasteiger partial charge in [-0.2, -0.15) is 4.98 Å². The van der Waals surface area contributed by atoms with Crippen LogP contribution in [0.2, 0.25) is 0 Å². The molecule has 20 heavy (non-hydrogen) atoms. The predicted molar refractivity (Wildman–Crippen MR) is 75.3 cm³/mol. The van der Waals surface area contributed by atoms with Crippen LogP contribution in [0.15, 0.2) is 4.52 Å². The summed E-state index contributed by atoms with van der Waals surface area (Å²) in [6.07, 6.45) is 5.60. The van der Waals surface area contributed by atoms with E-state index >= 15 is 0 Å². The molecule has 1 saturated carbocycles. The zero-order chi connectivity index (χ0) is 14.4. The molecule has 0 unspecified atom stereocenters. The lowest BCUT2D eigenvalue weighted by Crippen LogP contribution is -2.14. The lowest BCUT2D eigenvalue weighted by atomic mass is 9.80. The number of aromatic nitrogens is 2. The molecule has 1 fully saturated rings. The summed E-state index contributed by atoms with van der Waals surface area (Å²) in [6, 6.07) is 0. The molecule has 5 nitrogen and oxygen atoms in total. The van der Waals surface area contributed by atoms with Crippen LogP contribution in [0.1, 0.15) is 76.8 Å². The molecule has 0 aliphatic heterocycles. The van der Waals surface area contributed by atoms with Crippen molar-refractivity contribution in [3.8, 4) is 0 Å². The Labute approximate surface area is 121 Å². The van der Waals surface area contributed by atoms with Gasteiger partial charge in [-0.25, -0.2) is 0 Å². The SMILES string of the molecule is CCOC(OCC)c1nc(C2CCC(CC)CC2)no1. The molecule has 0 N–H and O–H groups in total. The second-order valence-corrected chi connectivity index (χ2v) is 5.36. The summed E-state index contributed by atoms with van der Waals surface area (Å²) in [4.78, 5) is 4.49. The maximum absolute atomic E-state index is 5.49. The van der Waals surface area contributed by atoms with Gasteiger partial charge in [-0.1, -0.05) is 18.5 Å². The topological polar surface area (TPSA) is 57.4 Å². The molecule has 0 spiro atoms. The quantitative estimate of drug-likeness (QED) is 0.711. The van der Waals surface area contributed by atoms with Crippen LogP contribution in [0.4, 0.5) is 0 Å². The molecule has 0 atom stereocenters. The fourth-order valence-corrected chi connectivity index (χ4v) is 2.83. The first kappa shape index (κ1) is 15.4. The van der Waals surface area contributed by atoms with Gasteiger partial charge in [-0.05, 0) is 45.4 Å². The van der Waals surface area contributed by atoms with E-state index < -0.39 is 6.29 Å². The highest BCUT2D eigenvalue weighted by atomic mass is 16.7. The average molecular weight is 282 g/mol. The Morgan fingerprint density at radius 3 is 2.30 bits per heavy atom. The standard InChI is InChI=1S/C15H26N2O3/c1-4-11-7-9-12(10-8-11)13-16-14(20-17-13)15(18-5-2)19-6-3/h11-12,15H,4-10H2,1-3H3. The van der Waals surface area contributed by atoms with Gasteiger partial charge in [0.05, 0.1) is 0 Å². The minimum absolute atomic E-state index is 0.430. The third kappa shape index (κ3) is 3.79. The second-order valence-electron chi connectivity index (χ2n) is 5.36. The van der Waals surface area contributed by atoms with E-state index in [0.717, 1.165) is 24.6 Å². The monoisotopic (exact) mass is 282 g/mol. The van der Waals surface area contributed by atoms with E-state index in [1.165, 1.54) is 19.3 Å². The van der Waals surface area contributed by atoms with Gasteiger partial charge in [-0.3, -0.25) is 0 Å². The highest BCUT2D eigenvalue weighted by molar-refractivity contribution is 4.98. The van der Waals surface area contributed by atoms with Crippen LogP contribution < -0.4 is 0 Å². The summed E-state index contributed by atoms with van der Waals surface area (Å²) in [7, 11) is 0. The lowest BCUT2D eigenvalue weighted by molar-refractivity contribution is -0.155. The Morgan fingerprint density at radius 1 is 1.10 bits per heavy atom. The molecule has 0 saturated heterocycles. The van der Waals surface area contributed by atoms with E-state index in [4.69, 9.17) is 14.0 Å². The van der Waals surface area contributed by atoms with Gasteiger partial charge in [-0.15, -0.1) is 0 Å². The molecule has 0 radical (unpaired) electrons. The lowest BCUT2D eigenvalue weighted by Gasteiger charge is -2.25. The molecule has 5 heteroatoms. The van der Waals surface area contributed by atoms with Crippen LogP contribution >= 0.6 is 0 Å². The summed E-state index contributed by atoms with van der Waals surface area (Å²) in [5.74, 6) is 2.57. The fraction of sp³-hybridized carbons (Fsp3) is 0.867. The molecule has 1 aromatic heterocycles. The molecule has 1 aliphatic rings. The van der Waals surface area contributed by atoms with Crippen LogP contribution in [0.25, 0.3) is 0 Å². The van der Waals surface area contributed by atoms with Crippen LogP contribution in [-0.4, -0.2) is 23.4 Å². The summed E-state index contributed by atoms with van der Waals surface area (Å²) in [6.45, 7) is 7.24. The van der Waals surface area contributed by atoms with Crippen LogP contribution in [0.5, 0.6) is 0 Å². The predicted octanol–water partition coefficient (Wildman–Crippen LogP) is 3.83. The molecule has 2 rings (SSSR count). The highest BCUT2D eigenvalue weighted by Gasteiger charge is 2.27. The van der Waals surface area contributed by atoms with Gasteiger partial charge in [0.25, 0.3) is 5.89 Å². The summed E-state index contributed by atoms with van der Waals surface area (Å²) in [5.41, 5.74) is 0. The van der Waals surface area contributed by atoms with Crippen molar-refractivity contribution in [3.63, 3.8) is 0 Å². The minimum atomic E-state index is -0.529. The number of rotatable bonds is 7. The smallest absolute Gasteiger partial charge is 0.283 e. The molecule has 1 heterocycles. The molecular weight excluding hydrogens is 256 g/mol. The van der Waals surface area contributed by atoms with Crippen molar-refractivity contribution < 1.29 is 14.0 Å². The van der Waals surface area contributed by atoms with Crippen molar-refractivity contribution >= 4 is 0 Å². The largest absolute Gasteiger partial charge is 0.345 e. The van der Waals surface area contributed by atoms with Crippen LogP contribution in [0.3, 0.4) is 0 Å². The van der Waals surface area contributed by atoms with Crippen molar-refractivity contribution in [2.24, 2.45) is 5.92 Å². The average Bonchev–Trinajstić information content (AvgIpc) is 2.97. The van der Waals surface area contributed by atoms with Gasteiger partial charge in [0.15, 0.2) is 5.82 Å². The first-order valence-electron chi connectivity index (χ1n) is 7.85. The summed E-state index contributed by atoms with van der Waals surface area (Å²) >= 11 is 0. The van der Waals surface area contributed by atoms with E-state index in [9.17, 15) is 0 Å². The van der Waals surface area contributed by atoms with E-state index in [-0.39, 0.29) is 0 Å². The van der Waals surface area contributed by atoms with Gasteiger partial charge < -0.3 is 14.0 Å². The van der Waals surface area contributed by atoms with Crippen molar-refractivity contribution in [2.45, 2.75) is 65.1 Å². The number of hydrogen-bond donors (Lipinski definition) is 0. The molecule has 1 aliphatic carbocycles. The minimum Gasteiger partial charge on any atom is -0.345 e. The maximum Gasteiger partial charge on any atom is 0.283 e. The normalized spacial score (nSPS) is 23.4. The highest BCUT2D eigenvalue weighted by Crippen LogP contribution is 2.36. The first-order valence-corrected chi connectivity index (χ1v) is 7.85. The summed E-state index contributed by atoms with van der Waals surface area (Å²) < 4.78 is 16.3. The number of ether oxygens (including phenoxy) is 2. The molecule has 0 amide bonds. The molecule has 114 valence electrons. The fourth-order valence-electron chi connectivity index (χ4n) is 2.83. The van der Waals surface area contributed by atoms with E-state index in [0.29, 0.717) is 25.0 Å². The van der Waals surface area contributed by atoms with Gasteiger partial charge in [0.2, 0.25) is 6.29 Å². The Kier molecular flexibility index (Phi) is 5.98. The first-order chi connectivity index (χ1) is 9.78. The zero-order valence-electron chi connectivity index (χ0n) is 12.8. The van der Waals surface area contributed by atoms with Crippen LogP contribution in [0, 0.1) is 5.92 Å². The maximum atomic E-state index is 5.49. The van der Waals surface area contributed by atoms with Gasteiger partial charge in [0.1, 0.15) is 0 Å². The van der Waals surface area contributed by atoms with Crippen LogP contribution in [-0.2, 0) is 9.47 Å². The van der Waals surface area contributed by atoms with E-state index in [2.05, 4.69) is 17.1 Å². The Bertz CT molecular complexity index is 380. The Hall–Kier alpha value is -0.940. The number of hydrogen-bond acceptors (Lipinski definition) is 5. The third-order valence-corrected chi connectivity index (χ3v) is 4.08. The van der Waals surface area contributed by atoms with Gasteiger partial charge >= 0.3 is 0 Å². The van der Waals surface area contributed by atoms with Crippen molar-refractivity contribution in [2.75, 3.05) is 13.2 Å². The molecule has 1 aromatic rings. The van der Waals surface area contributed by atoms with Crippen molar-refractivity contribution in [1.29, 1.82) is 0 Å². The van der Waals surface area contributed by atoms with Gasteiger partial charge in [0, 0.05) is 19.1 Å². The van der Waals surface area contributed by atoms with Crippen molar-refractivity contribution in [1.82, 2.24) is 10.1 Å². The zero-order valence-corrected chi connectivity index (χ0v) is 12.8. The molecular formula is C15H26N2O3. The summed E-state index contributed by atoms with van der Waals surface area (Å²) in [5, 5.41) is 4.13.